The van der Waals surface area contributed by atoms with Gasteiger partial charge in [-0.25, -0.2) is 9.97 Å². The van der Waals surface area contributed by atoms with Gasteiger partial charge in [0.1, 0.15) is 5.03 Å². The van der Waals surface area contributed by atoms with Gasteiger partial charge in [-0.2, -0.15) is 0 Å². The van der Waals surface area contributed by atoms with Crippen molar-refractivity contribution in [2.45, 2.75) is 42.9 Å². The Kier molecular flexibility index (Phi) is 3.60. The average molecular weight is 273 g/mol. The first-order valence-corrected chi connectivity index (χ1v) is 7.79. The number of aromatic nitrogens is 2. The fraction of sp³-hybridized carbons (Fsp3) is 0.467. The molecule has 1 aromatic heterocycles. The van der Waals surface area contributed by atoms with Crippen molar-refractivity contribution in [3.8, 4) is 0 Å². The summed E-state index contributed by atoms with van der Waals surface area (Å²) >= 11 is 1.81. The van der Waals surface area contributed by atoms with Crippen LogP contribution in [-0.4, -0.2) is 15.2 Å². The fourth-order valence-electron chi connectivity index (χ4n) is 2.73. The lowest BCUT2D eigenvalue weighted by atomic mass is 9.91. The predicted molar refractivity (Wildman–Crippen MR) is 81.2 cm³/mol. The van der Waals surface area contributed by atoms with E-state index in [2.05, 4.69) is 16.9 Å². The van der Waals surface area contributed by atoms with Crippen LogP contribution >= 0.6 is 11.8 Å². The van der Waals surface area contributed by atoms with Crippen molar-refractivity contribution in [2.75, 3.05) is 5.73 Å². The van der Waals surface area contributed by atoms with Gasteiger partial charge >= 0.3 is 0 Å². The van der Waals surface area contributed by atoms with Crippen molar-refractivity contribution in [1.29, 1.82) is 0 Å². The molecule has 1 aromatic carbocycles. The molecule has 1 aliphatic rings. The van der Waals surface area contributed by atoms with Crippen LogP contribution in [0.5, 0.6) is 0 Å². The van der Waals surface area contributed by atoms with Gasteiger partial charge in [0.15, 0.2) is 5.82 Å². The molecular weight excluding hydrogens is 254 g/mol. The van der Waals surface area contributed by atoms with Gasteiger partial charge in [-0.1, -0.05) is 43.7 Å². The second-order valence-electron chi connectivity index (χ2n) is 5.41. The molecule has 3 nitrogen and oxygen atoms in total. The van der Waals surface area contributed by atoms with E-state index in [0.717, 1.165) is 22.0 Å². The van der Waals surface area contributed by atoms with Gasteiger partial charge in [-0.15, -0.1) is 0 Å². The summed E-state index contributed by atoms with van der Waals surface area (Å²) in [6, 6.07) is 7.90. The molecule has 100 valence electrons. The molecule has 0 aliphatic heterocycles. The number of nitrogens with two attached hydrogens (primary N) is 1. The maximum atomic E-state index is 6.04. The first-order valence-electron chi connectivity index (χ1n) is 6.91. The molecule has 0 saturated heterocycles. The maximum Gasteiger partial charge on any atom is 0.156 e. The van der Waals surface area contributed by atoms with Crippen LogP contribution in [0.2, 0.25) is 0 Å². The lowest BCUT2D eigenvalue weighted by Crippen LogP contribution is -2.15. The van der Waals surface area contributed by atoms with Crippen LogP contribution in [0.25, 0.3) is 11.0 Å². The molecule has 2 unspecified atom stereocenters. The molecule has 1 heterocycles. The fourth-order valence-corrected chi connectivity index (χ4v) is 4.07. The minimum atomic E-state index is 0.571. The Labute approximate surface area is 118 Å². The van der Waals surface area contributed by atoms with Crippen LogP contribution in [0.3, 0.4) is 0 Å². The van der Waals surface area contributed by atoms with E-state index in [0.29, 0.717) is 11.1 Å². The minimum absolute atomic E-state index is 0.571. The molecule has 4 heteroatoms. The van der Waals surface area contributed by atoms with E-state index in [1.807, 2.05) is 36.0 Å². The first-order chi connectivity index (χ1) is 9.22. The Morgan fingerprint density at radius 3 is 2.63 bits per heavy atom. The Hall–Kier alpha value is -1.29. The zero-order valence-corrected chi connectivity index (χ0v) is 12.0. The van der Waals surface area contributed by atoms with Crippen molar-refractivity contribution in [1.82, 2.24) is 9.97 Å². The van der Waals surface area contributed by atoms with E-state index in [-0.39, 0.29) is 0 Å². The monoisotopic (exact) mass is 273 g/mol. The molecule has 1 aliphatic carbocycles. The lowest BCUT2D eigenvalue weighted by molar-refractivity contribution is 0.394. The Morgan fingerprint density at radius 2 is 1.89 bits per heavy atom. The maximum absolute atomic E-state index is 6.04. The number of hydrogen-bond donors (Lipinski definition) is 1. The summed E-state index contributed by atoms with van der Waals surface area (Å²) in [5.41, 5.74) is 7.85. The minimum Gasteiger partial charge on any atom is -0.381 e. The van der Waals surface area contributed by atoms with Gasteiger partial charge < -0.3 is 5.73 Å². The van der Waals surface area contributed by atoms with Crippen molar-refractivity contribution >= 4 is 28.6 Å². The van der Waals surface area contributed by atoms with E-state index in [1.165, 1.54) is 25.7 Å². The topological polar surface area (TPSA) is 51.8 Å². The third-order valence-electron chi connectivity index (χ3n) is 3.73. The molecule has 2 atom stereocenters. The second-order valence-corrected chi connectivity index (χ2v) is 6.70. The van der Waals surface area contributed by atoms with Crippen LogP contribution in [-0.2, 0) is 0 Å². The number of fused-ring (bicyclic) bond motifs is 1. The number of para-hydroxylation sites is 2. The molecule has 0 amide bonds. The van der Waals surface area contributed by atoms with E-state index in [1.54, 1.807) is 0 Å². The van der Waals surface area contributed by atoms with Crippen molar-refractivity contribution in [2.24, 2.45) is 5.92 Å². The third-order valence-corrected chi connectivity index (χ3v) is 5.02. The number of rotatable bonds is 2. The number of nitrogens with zero attached hydrogens (tertiary/aromatic N) is 2. The summed E-state index contributed by atoms with van der Waals surface area (Å²) in [6.07, 6.45) is 5.21. The predicted octanol–water partition coefficient (Wildman–Crippen LogP) is 3.88. The first kappa shape index (κ1) is 12.7. The number of benzene rings is 1. The molecule has 19 heavy (non-hydrogen) atoms. The van der Waals surface area contributed by atoms with E-state index in [9.17, 15) is 0 Å². The highest BCUT2D eigenvalue weighted by molar-refractivity contribution is 8.00. The number of thioether (sulfide) groups is 1. The molecule has 0 spiro atoms. The van der Waals surface area contributed by atoms with Crippen LogP contribution in [0.1, 0.15) is 32.6 Å². The number of nitrogen functional groups attached to an aromatic ring is 1. The smallest absolute Gasteiger partial charge is 0.156 e. The van der Waals surface area contributed by atoms with Crippen LogP contribution < -0.4 is 5.73 Å². The molecular formula is C15H19N3S. The van der Waals surface area contributed by atoms with Gasteiger partial charge in [-0.3, -0.25) is 0 Å². The Bertz CT molecular complexity index is 585. The number of anilines is 1. The second kappa shape index (κ2) is 5.37. The molecule has 0 radical (unpaired) electrons. The average Bonchev–Trinajstić information content (AvgIpc) is 2.40. The largest absolute Gasteiger partial charge is 0.381 e. The summed E-state index contributed by atoms with van der Waals surface area (Å²) in [4.78, 5) is 9.12. The molecule has 1 fully saturated rings. The Balaban J connectivity index is 1.85. The Morgan fingerprint density at radius 1 is 1.16 bits per heavy atom. The normalized spacial score (nSPS) is 23.6. The molecule has 0 bridgehead atoms. The van der Waals surface area contributed by atoms with E-state index >= 15 is 0 Å². The van der Waals surface area contributed by atoms with Crippen molar-refractivity contribution < 1.29 is 0 Å². The van der Waals surface area contributed by atoms with Crippen molar-refractivity contribution in [3.05, 3.63) is 24.3 Å². The summed E-state index contributed by atoms with van der Waals surface area (Å²) in [7, 11) is 0. The summed E-state index contributed by atoms with van der Waals surface area (Å²) in [5.74, 6) is 1.39. The molecule has 3 rings (SSSR count). The van der Waals surface area contributed by atoms with Gasteiger partial charge in [0, 0.05) is 5.25 Å². The van der Waals surface area contributed by atoms with E-state index in [4.69, 9.17) is 5.73 Å². The SMILES string of the molecule is CC1CCCC(Sc2nc3ccccc3nc2N)C1. The van der Waals surface area contributed by atoms with Gasteiger partial charge in [-0.05, 0) is 30.9 Å². The lowest BCUT2D eigenvalue weighted by Gasteiger charge is -2.26. The number of hydrogen-bond acceptors (Lipinski definition) is 4. The molecule has 2 N–H and O–H groups in total. The van der Waals surface area contributed by atoms with Gasteiger partial charge in [0.05, 0.1) is 11.0 Å². The third kappa shape index (κ3) is 2.84. The van der Waals surface area contributed by atoms with Crippen LogP contribution in [0.15, 0.2) is 29.3 Å². The van der Waals surface area contributed by atoms with Gasteiger partial charge in [0.25, 0.3) is 0 Å². The van der Waals surface area contributed by atoms with Crippen LogP contribution in [0.4, 0.5) is 5.82 Å². The summed E-state index contributed by atoms with van der Waals surface area (Å²) in [5, 5.41) is 1.54. The van der Waals surface area contributed by atoms with Crippen molar-refractivity contribution in [3.63, 3.8) is 0 Å². The highest BCUT2D eigenvalue weighted by Crippen LogP contribution is 2.37. The van der Waals surface area contributed by atoms with Gasteiger partial charge in [0.2, 0.25) is 0 Å². The highest BCUT2D eigenvalue weighted by Gasteiger charge is 2.21. The molecule has 2 aromatic rings. The van der Waals surface area contributed by atoms with Crippen LogP contribution in [0, 0.1) is 5.92 Å². The zero-order chi connectivity index (χ0) is 13.2. The quantitative estimate of drug-likeness (QED) is 0.902. The summed E-state index contributed by atoms with van der Waals surface area (Å²) < 4.78 is 0. The highest BCUT2D eigenvalue weighted by atomic mass is 32.2. The summed E-state index contributed by atoms with van der Waals surface area (Å²) in [6.45, 7) is 2.34. The van der Waals surface area contributed by atoms with E-state index < -0.39 is 0 Å². The standard InChI is InChI=1S/C15H19N3S/c1-10-5-4-6-11(9-10)19-15-14(16)17-12-7-2-3-8-13(12)18-15/h2-3,7-8,10-11H,4-6,9H2,1H3,(H2,16,17). The molecule has 1 saturated carbocycles. The zero-order valence-electron chi connectivity index (χ0n) is 11.2.